The van der Waals surface area contributed by atoms with Crippen LogP contribution < -0.4 is 10.5 Å². The molecule has 2 nitrogen and oxygen atoms in total. The number of hydrogen-bond donors (Lipinski definition) is 1. The fraction of sp³-hybridized carbons (Fsp3) is 0.625. The van der Waals surface area contributed by atoms with Crippen LogP contribution in [0.15, 0.2) is 24.3 Å². The molecule has 1 aliphatic carbocycles. The molecule has 0 amide bonds. The highest BCUT2D eigenvalue weighted by atomic mass is 16.5. The van der Waals surface area contributed by atoms with Gasteiger partial charge in [-0.25, -0.2) is 0 Å². The molecule has 2 rings (SSSR count). The molecular weight excluding hydrogens is 222 g/mol. The zero-order chi connectivity index (χ0) is 13.1. The lowest BCUT2D eigenvalue weighted by Crippen LogP contribution is -2.36. The molecule has 0 spiro atoms. The van der Waals surface area contributed by atoms with Crippen molar-refractivity contribution < 1.29 is 4.74 Å². The Balaban J connectivity index is 2.06. The van der Waals surface area contributed by atoms with Gasteiger partial charge in [-0.05, 0) is 54.9 Å². The molecule has 1 saturated carbocycles. The van der Waals surface area contributed by atoms with Crippen LogP contribution in [0, 0.1) is 17.8 Å². The van der Waals surface area contributed by atoms with Gasteiger partial charge >= 0.3 is 0 Å². The monoisotopic (exact) mass is 247 g/mol. The van der Waals surface area contributed by atoms with Gasteiger partial charge in [-0.3, -0.25) is 0 Å². The van der Waals surface area contributed by atoms with Crippen LogP contribution in [-0.4, -0.2) is 6.10 Å². The van der Waals surface area contributed by atoms with E-state index < -0.39 is 0 Å². The molecule has 100 valence electrons. The van der Waals surface area contributed by atoms with E-state index in [4.69, 9.17) is 10.5 Å². The summed E-state index contributed by atoms with van der Waals surface area (Å²) in [5.41, 5.74) is 6.49. The van der Waals surface area contributed by atoms with Crippen LogP contribution in [-0.2, 0) is 0 Å². The summed E-state index contributed by atoms with van der Waals surface area (Å²) in [5.74, 6) is 3.10. The van der Waals surface area contributed by atoms with Gasteiger partial charge in [-0.2, -0.15) is 0 Å². The largest absolute Gasteiger partial charge is 0.490 e. The maximum atomic E-state index is 6.20. The summed E-state index contributed by atoms with van der Waals surface area (Å²) in [4.78, 5) is 0. The molecule has 0 heterocycles. The van der Waals surface area contributed by atoms with Gasteiger partial charge in [-0.1, -0.05) is 27.2 Å². The molecule has 2 N–H and O–H groups in total. The van der Waals surface area contributed by atoms with Crippen molar-refractivity contribution in [1.29, 1.82) is 0 Å². The molecule has 0 bridgehead atoms. The molecule has 1 aromatic carbocycles. The van der Waals surface area contributed by atoms with E-state index in [9.17, 15) is 0 Å². The maximum Gasteiger partial charge on any atom is 0.119 e. The van der Waals surface area contributed by atoms with Crippen molar-refractivity contribution in [2.45, 2.75) is 46.1 Å². The summed E-state index contributed by atoms with van der Waals surface area (Å²) in [6, 6.07) is 7.77. The highest BCUT2D eigenvalue weighted by Gasteiger charge is 2.32. The van der Waals surface area contributed by atoms with Crippen molar-refractivity contribution in [3.8, 4) is 5.75 Å². The second-order valence-electron chi connectivity index (χ2n) is 6.05. The van der Waals surface area contributed by atoms with E-state index in [2.05, 4.69) is 20.8 Å². The van der Waals surface area contributed by atoms with Crippen LogP contribution in [0.3, 0.4) is 0 Å². The lowest BCUT2D eigenvalue weighted by Gasteiger charge is -2.37. The first-order valence-electron chi connectivity index (χ1n) is 7.08. The van der Waals surface area contributed by atoms with E-state index in [0.29, 0.717) is 17.9 Å². The van der Waals surface area contributed by atoms with E-state index in [1.54, 1.807) is 0 Å². The Labute approximate surface area is 111 Å². The molecule has 0 aliphatic heterocycles. The van der Waals surface area contributed by atoms with Gasteiger partial charge < -0.3 is 10.5 Å². The summed E-state index contributed by atoms with van der Waals surface area (Å²) in [7, 11) is 0. The van der Waals surface area contributed by atoms with E-state index >= 15 is 0 Å². The minimum absolute atomic E-state index is 0.359. The van der Waals surface area contributed by atoms with Gasteiger partial charge in [-0.15, -0.1) is 0 Å². The molecule has 1 fully saturated rings. The van der Waals surface area contributed by atoms with Crippen LogP contribution >= 0.6 is 0 Å². The Kier molecular flexibility index (Phi) is 4.15. The Morgan fingerprint density at radius 3 is 2.44 bits per heavy atom. The number of anilines is 1. The predicted molar refractivity (Wildman–Crippen MR) is 76.6 cm³/mol. The molecule has 0 unspecified atom stereocenters. The predicted octanol–water partition coefficient (Wildman–Crippen LogP) is 4.11. The smallest absolute Gasteiger partial charge is 0.119 e. The highest BCUT2D eigenvalue weighted by Crippen LogP contribution is 2.36. The van der Waals surface area contributed by atoms with Crippen LogP contribution in [0.1, 0.15) is 40.0 Å². The molecule has 3 atom stereocenters. The second-order valence-corrected chi connectivity index (χ2v) is 6.05. The zero-order valence-electron chi connectivity index (χ0n) is 11.7. The van der Waals surface area contributed by atoms with Gasteiger partial charge in [0.25, 0.3) is 0 Å². The molecule has 0 radical (unpaired) electrons. The fourth-order valence-corrected chi connectivity index (χ4v) is 2.97. The van der Waals surface area contributed by atoms with Crippen molar-refractivity contribution in [3.63, 3.8) is 0 Å². The number of ether oxygens (including phenoxy) is 1. The molecule has 0 saturated heterocycles. The number of nitrogen functional groups attached to an aromatic ring is 1. The summed E-state index contributed by atoms with van der Waals surface area (Å²) in [6.07, 6.45) is 4.16. The summed E-state index contributed by atoms with van der Waals surface area (Å²) < 4.78 is 6.20. The molecule has 1 aliphatic rings. The highest BCUT2D eigenvalue weighted by molar-refractivity contribution is 5.41. The van der Waals surface area contributed by atoms with Crippen LogP contribution in [0.4, 0.5) is 5.69 Å². The standard InChI is InChI=1S/C16H25NO/c1-11(2)15-9-4-12(3)10-16(15)18-14-7-5-13(17)6-8-14/h5-8,11-12,15-16H,4,9-10,17H2,1-3H3/t12-,15+,16-/m0/s1. The Morgan fingerprint density at radius 2 is 1.83 bits per heavy atom. The van der Waals surface area contributed by atoms with Crippen LogP contribution in [0.2, 0.25) is 0 Å². The fourth-order valence-electron chi connectivity index (χ4n) is 2.97. The van der Waals surface area contributed by atoms with Crippen molar-refractivity contribution in [2.24, 2.45) is 17.8 Å². The number of nitrogens with two attached hydrogens (primary N) is 1. The molecule has 2 heteroatoms. The molecule has 18 heavy (non-hydrogen) atoms. The summed E-state index contributed by atoms with van der Waals surface area (Å²) in [5, 5.41) is 0. The van der Waals surface area contributed by atoms with E-state index in [1.165, 1.54) is 19.3 Å². The van der Waals surface area contributed by atoms with Gasteiger partial charge in [0.1, 0.15) is 11.9 Å². The number of hydrogen-bond acceptors (Lipinski definition) is 2. The van der Waals surface area contributed by atoms with Crippen molar-refractivity contribution >= 4 is 5.69 Å². The number of benzene rings is 1. The third kappa shape index (κ3) is 3.18. The lowest BCUT2D eigenvalue weighted by molar-refractivity contribution is 0.0460. The first kappa shape index (κ1) is 13.3. The van der Waals surface area contributed by atoms with Crippen molar-refractivity contribution in [2.75, 3.05) is 5.73 Å². The topological polar surface area (TPSA) is 35.2 Å². The molecule has 0 aromatic heterocycles. The molecule has 1 aromatic rings. The maximum absolute atomic E-state index is 6.20. The Morgan fingerprint density at radius 1 is 1.17 bits per heavy atom. The van der Waals surface area contributed by atoms with Gasteiger partial charge in [0.05, 0.1) is 0 Å². The minimum atomic E-state index is 0.359. The summed E-state index contributed by atoms with van der Waals surface area (Å²) >= 11 is 0. The normalized spacial score (nSPS) is 28.3. The van der Waals surface area contributed by atoms with Gasteiger partial charge in [0.2, 0.25) is 0 Å². The average molecular weight is 247 g/mol. The third-order valence-corrected chi connectivity index (χ3v) is 4.13. The zero-order valence-corrected chi connectivity index (χ0v) is 11.7. The number of rotatable bonds is 3. The Hall–Kier alpha value is -1.18. The van der Waals surface area contributed by atoms with Crippen LogP contribution in [0.25, 0.3) is 0 Å². The van der Waals surface area contributed by atoms with Crippen molar-refractivity contribution in [3.05, 3.63) is 24.3 Å². The molecular formula is C16H25NO. The van der Waals surface area contributed by atoms with E-state index in [1.807, 2.05) is 24.3 Å². The van der Waals surface area contributed by atoms with Crippen molar-refractivity contribution in [1.82, 2.24) is 0 Å². The van der Waals surface area contributed by atoms with E-state index in [-0.39, 0.29) is 0 Å². The first-order valence-corrected chi connectivity index (χ1v) is 7.08. The average Bonchev–Trinajstić information content (AvgIpc) is 2.32. The minimum Gasteiger partial charge on any atom is -0.490 e. The van der Waals surface area contributed by atoms with Gasteiger partial charge in [0.15, 0.2) is 0 Å². The quantitative estimate of drug-likeness (QED) is 0.816. The second kappa shape index (κ2) is 5.64. The van der Waals surface area contributed by atoms with Gasteiger partial charge in [0, 0.05) is 5.69 Å². The lowest BCUT2D eigenvalue weighted by atomic mass is 9.75. The third-order valence-electron chi connectivity index (χ3n) is 4.13. The first-order chi connectivity index (χ1) is 8.56. The Bertz CT molecular complexity index is 371. The SMILES string of the molecule is CC(C)[C@H]1CC[C@H](C)C[C@@H]1Oc1ccc(N)cc1. The van der Waals surface area contributed by atoms with E-state index in [0.717, 1.165) is 17.4 Å². The van der Waals surface area contributed by atoms with Crippen LogP contribution in [0.5, 0.6) is 5.75 Å². The summed E-state index contributed by atoms with van der Waals surface area (Å²) in [6.45, 7) is 6.94.